The Morgan fingerprint density at radius 2 is 1.88 bits per heavy atom. The van der Waals surface area contributed by atoms with Gasteiger partial charge in [0.2, 0.25) is 5.91 Å². The molecule has 0 atom stereocenters. The lowest BCUT2D eigenvalue weighted by molar-refractivity contribution is -0.139. The topological polar surface area (TPSA) is 76.1 Å². The molecule has 0 aromatic carbocycles. The molecule has 0 heterocycles. The van der Waals surface area contributed by atoms with E-state index >= 15 is 0 Å². The van der Waals surface area contributed by atoms with Crippen LogP contribution in [0.4, 0.5) is 0 Å². The number of nitrogens with zero attached hydrogens (tertiary/aromatic N) is 1. The molecule has 0 aromatic heterocycles. The Bertz CT molecular complexity index is 219. The average molecular weight is 233 g/mol. The fraction of sp³-hybridized carbons (Fsp3) is 0.800. The zero-order valence-corrected chi connectivity index (χ0v) is 9.77. The molecular weight excluding hydrogens is 214 g/mol. The van der Waals surface area contributed by atoms with Gasteiger partial charge < -0.3 is 19.5 Å². The lowest BCUT2D eigenvalue weighted by atomic mass is 10.3. The molecule has 1 N–H and O–H groups in total. The number of rotatable bonds is 9. The second-order valence-electron chi connectivity index (χ2n) is 3.30. The number of carboxylic acid groups (broad SMARTS) is 1. The van der Waals surface area contributed by atoms with Gasteiger partial charge in [-0.3, -0.25) is 9.59 Å². The van der Waals surface area contributed by atoms with Crippen molar-refractivity contribution in [3.63, 3.8) is 0 Å². The van der Waals surface area contributed by atoms with Crippen molar-refractivity contribution in [1.82, 2.24) is 4.90 Å². The van der Waals surface area contributed by atoms with Crippen LogP contribution in [0.15, 0.2) is 0 Å². The van der Waals surface area contributed by atoms with Crippen LogP contribution in [0.5, 0.6) is 0 Å². The van der Waals surface area contributed by atoms with Crippen molar-refractivity contribution in [3.8, 4) is 0 Å². The highest BCUT2D eigenvalue weighted by Gasteiger charge is 2.13. The number of ether oxygens (including phenoxy) is 2. The van der Waals surface area contributed by atoms with Crippen molar-refractivity contribution >= 4 is 11.9 Å². The summed E-state index contributed by atoms with van der Waals surface area (Å²) in [6.45, 7) is 1.22. The number of amides is 1. The Hall–Kier alpha value is -1.14. The van der Waals surface area contributed by atoms with Crippen molar-refractivity contribution in [3.05, 3.63) is 0 Å². The summed E-state index contributed by atoms with van der Waals surface area (Å²) >= 11 is 0. The lowest BCUT2D eigenvalue weighted by Gasteiger charge is -2.21. The number of methoxy groups -OCH3 is 2. The van der Waals surface area contributed by atoms with Gasteiger partial charge in [-0.1, -0.05) is 0 Å². The summed E-state index contributed by atoms with van der Waals surface area (Å²) in [5.41, 5.74) is 0. The van der Waals surface area contributed by atoms with Gasteiger partial charge >= 0.3 is 5.97 Å². The molecule has 0 saturated carbocycles. The van der Waals surface area contributed by atoms with Crippen molar-refractivity contribution < 1.29 is 24.2 Å². The Morgan fingerprint density at radius 3 is 2.38 bits per heavy atom. The molecule has 0 fully saturated rings. The standard InChI is InChI=1S/C10H19NO5/c1-15-7-3-5-11(6-4-10(13)14)9(12)8-16-2/h3-8H2,1-2H3,(H,13,14). The largest absolute Gasteiger partial charge is 0.481 e. The summed E-state index contributed by atoms with van der Waals surface area (Å²) < 4.78 is 9.60. The zero-order valence-electron chi connectivity index (χ0n) is 9.77. The molecule has 0 radical (unpaired) electrons. The van der Waals surface area contributed by atoms with E-state index in [0.29, 0.717) is 19.6 Å². The Morgan fingerprint density at radius 1 is 1.19 bits per heavy atom. The molecule has 94 valence electrons. The van der Waals surface area contributed by atoms with Gasteiger partial charge in [0.25, 0.3) is 0 Å². The van der Waals surface area contributed by atoms with Crippen molar-refractivity contribution in [1.29, 1.82) is 0 Å². The SMILES string of the molecule is COCCCN(CCC(=O)O)C(=O)COC. The Balaban J connectivity index is 4.04. The molecule has 0 saturated heterocycles. The first-order valence-electron chi connectivity index (χ1n) is 5.09. The van der Waals surface area contributed by atoms with E-state index in [0.717, 1.165) is 0 Å². The van der Waals surface area contributed by atoms with Crippen LogP contribution < -0.4 is 0 Å². The van der Waals surface area contributed by atoms with Crippen LogP contribution in [-0.2, 0) is 19.1 Å². The lowest BCUT2D eigenvalue weighted by Crippen LogP contribution is -2.36. The third-order valence-corrected chi connectivity index (χ3v) is 1.99. The molecule has 0 aromatic rings. The van der Waals surface area contributed by atoms with Crippen molar-refractivity contribution in [2.24, 2.45) is 0 Å². The maximum absolute atomic E-state index is 11.5. The third-order valence-electron chi connectivity index (χ3n) is 1.99. The van der Waals surface area contributed by atoms with Crippen LogP contribution in [0.2, 0.25) is 0 Å². The summed E-state index contributed by atoms with van der Waals surface area (Å²) in [6, 6.07) is 0. The van der Waals surface area contributed by atoms with Crippen LogP contribution in [0.25, 0.3) is 0 Å². The van der Waals surface area contributed by atoms with Gasteiger partial charge in [0.05, 0.1) is 6.42 Å². The first-order chi connectivity index (χ1) is 7.61. The van der Waals surface area contributed by atoms with E-state index in [9.17, 15) is 9.59 Å². The first-order valence-corrected chi connectivity index (χ1v) is 5.09. The molecular formula is C10H19NO5. The minimum absolute atomic E-state index is 0.0212. The number of hydrogen-bond acceptors (Lipinski definition) is 4. The fourth-order valence-electron chi connectivity index (χ4n) is 1.21. The van der Waals surface area contributed by atoms with Gasteiger partial charge in [-0.05, 0) is 6.42 Å². The number of carbonyl (C=O) groups excluding carboxylic acids is 1. The van der Waals surface area contributed by atoms with Gasteiger partial charge in [-0.2, -0.15) is 0 Å². The number of carbonyl (C=O) groups is 2. The molecule has 16 heavy (non-hydrogen) atoms. The summed E-state index contributed by atoms with van der Waals surface area (Å²) in [5.74, 6) is -1.11. The van der Waals surface area contributed by atoms with E-state index in [2.05, 4.69) is 0 Å². The predicted octanol–water partition coefficient (Wildman–Crippen LogP) is -0.0274. The van der Waals surface area contributed by atoms with Crippen molar-refractivity contribution in [2.75, 3.05) is 40.5 Å². The summed E-state index contributed by atoms with van der Waals surface area (Å²) in [5, 5.41) is 8.55. The van der Waals surface area contributed by atoms with Crippen molar-refractivity contribution in [2.45, 2.75) is 12.8 Å². The maximum Gasteiger partial charge on any atom is 0.305 e. The molecule has 6 nitrogen and oxygen atoms in total. The maximum atomic E-state index is 11.5. The van der Waals surface area contributed by atoms with E-state index < -0.39 is 5.97 Å². The fourth-order valence-corrected chi connectivity index (χ4v) is 1.21. The van der Waals surface area contributed by atoms with E-state index in [4.69, 9.17) is 14.6 Å². The molecule has 0 aliphatic heterocycles. The van der Waals surface area contributed by atoms with Crippen LogP contribution in [0.3, 0.4) is 0 Å². The summed E-state index contributed by atoms with van der Waals surface area (Å²) in [6.07, 6.45) is 0.633. The molecule has 0 rings (SSSR count). The third kappa shape index (κ3) is 7.19. The first kappa shape index (κ1) is 14.9. The Kier molecular flexibility index (Phi) is 8.46. The molecule has 1 amide bonds. The summed E-state index contributed by atoms with van der Waals surface area (Å²) in [4.78, 5) is 23.4. The highest BCUT2D eigenvalue weighted by atomic mass is 16.5. The average Bonchev–Trinajstić information content (AvgIpc) is 2.23. The van der Waals surface area contributed by atoms with E-state index in [1.807, 2.05) is 0 Å². The normalized spacial score (nSPS) is 10.1. The van der Waals surface area contributed by atoms with Gasteiger partial charge in [0.15, 0.2) is 0 Å². The second kappa shape index (κ2) is 9.11. The van der Waals surface area contributed by atoms with Crippen LogP contribution in [0.1, 0.15) is 12.8 Å². The van der Waals surface area contributed by atoms with E-state index in [-0.39, 0.29) is 25.5 Å². The molecule has 0 bridgehead atoms. The molecule has 0 spiro atoms. The summed E-state index contributed by atoms with van der Waals surface area (Å²) in [7, 11) is 3.01. The predicted molar refractivity (Wildman–Crippen MR) is 57.2 cm³/mol. The van der Waals surface area contributed by atoms with Crippen LogP contribution in [-0.4, -0.2) is 62.4 Å². The molecule has 0 aliphatic rings. The van der Waals surface area contributed by atoms with E-state index in [1.54, 1.807) is 7.11 Å². The number of hydrogen-bond donors (Lipinski definition) is 1. The number of carboxylic acids is 1. The smallest absolute Gasteiger partial charge is 0.305 e. The highest BCUT2D eigenvalue weighted by Crippen LogP contribution is 1.97. The Labute approximate surface area is 95.1 Å². The van der Waals surface area contributed by atoms with Gasteiger partial charge in [0, 0.05) is 33.9 Å². The zero-order chi connectivity index (χ0) is 12.4. The quantitative estimate of drug-likeness (QED) is 0.566. The van der Waals surface area contributed by atoms with Crippen LogP contribution in [0, 0.1) is 0 Å². The number of aliphatic carboxylic acids is 1. The molecule has 6 heteroatoms. The minimum atomic E-state index is -0.915. The monoisotopic (exact) mass is 233 g/mol. The van der Waals surface area contributed by atoms with Crippen LogP contribution >= 0.6 is 0 Å². The van der Waals surface area contributed by atoms with E-state index in [1.165, 1.54) is 12.0 Å². The molecule has 0 aliphatic carbocycles. The second-order valence-corrected chi connectivity index (χ2v) is 3.30. The highest BCUT2D eigenvalue weighted by molar-refractivity contribution is 5.78. The minimum Gasteiger partial charge on any atom is -0.481 e. The van der Waals surface area contributed by atoms with Gasteiger partial charge in [-0.25, -0.2) is 0 Å². The molecule has 0 unspecified atom stereocenters. The van der Waals surface area contributed by atoms with Gasteiger partial charge in [0.1, 0.15) is 6.61 Å². The van der Waals surface area contributed by atoms with Gasteiger partial charge in [-0.15, -0.1) is 0 Å².